The van der Waals surface area contributed by atoms with Crippen LogP contribution < -0.4 is 0 Å². The second-order valence-electron chi connectivity index (χ2n) is 2.96. The zero-order valence-corrected chi connectivity index (χ0v) is 9.95. The number of allylic oxidation sites excluding steroid dienone is 3. The summed E-state index contributed by atoms with van der Waals surface area (Å²) < 4.78 is 4.77. The van der Waals surface area contributed by atoms with Crippen LogP contribution in [0.4, 0.5) is 0 Å². The van der Waals surface area contributed by atoms with Crippen molar-refractivity contribution in [3.8, 4) is 6.07 Å². The number of carbonyl (C=O) groups excluding carboxylic acids is 1. The molecule has 0 N–H and O–H groups in total. The summed E-state index contributed by atoms with van der Waals surface area (Å²) >= 11 is 0. The van der Waals surface area contributed by atoms with Gasteiger partial charge in [0.2, 0.25) is 0 Å². The molecule has 5 heteroatoms. The number of hydrogen-bond acceptors (Lipinski definition) is 4. The Morgan fingerprint density at radius 1 is 1.50 bits per heavy atom. The van der Waals surface area contributed by atoms with Crippen LogP contribution in [0.3, 0.4) is 0 Å². The Hall–Kier alpha value is -1.73. The maximum absolute atomic E-state index is 11.4. The molecule has 0 aromatic carbocycles. The molecule has 0 radical (unpaired) electrons. The van der Waals surface area contributed by atoms with Crippen LogP contribution in [0.25, 0.3) is 0 Å². The molecule has 0 saturated heterocycles. The lowest BCUT2D eigenvalue weighted by Crippen LogP contribution is -2.10. The summed E-state index contributed by atoms with van der Waals surface area (Å²) in [5, 5.41) is 8.85. The molecule has 0 spiro atoms. The number of nitriles is 1. The minimum absolute atomic E-state index is 0. The van der Waals surface area contributed by atoms with Crippen molar-refractivity contribution in [3.63, 3.8) is 0 Å². The van der Waals surface area contributed by atoms with E-state index in [4.69, 9.17) is 10.00 Å². The fraction of sp³-hybridized carbons (Fsp3) is 0.273. The lowest BCUT2D eigenvalue weighted by molar-refractivity contribution is -0.138. The van der Waals surface area contributed by atoms with Crippen molar-refractivity contribution >= 4 is 18.4 Å². The van der Waals surface area contributed by atoms with Gasteiger partial charge in [-0.3, -0.25) is 0 Å². The summed E-state index contributed by atoms with van der Waals surface area (Å²) in [5.41, 5.74) is 0.617. The minimum atomic E-state index is -0.575. The van der Waals surface area contributed by atoms with E-state index in [1.807, 2.05) is 18.0 Å². The Bertz CT molecular complexity index is 375. The summed E-state index contributed by atoms with van der Waals surface area (Å²) in [7, 11) is 1.86. The van der Waals surface area contributed by atoms with Crippen LogP contribution in [0.2, 0.25) is 0 Å². The van der Waals surface area contributed by atoms with E-state index in [0.717, 1.165) is 0 Å². The van der Waals surface area contributed by atoms with Crippen LogP contribution in [0.1, 0.15) is 6.92 Å². The summed E-state index contributed by atoms with van der Waals surface area (Å²) in [6.07, 6.45) is 6.95. The van der Waals surface area contributed by atoms with E-state index in [2.05, 4.69) is 0 Å². The maximum Gasteiger partial charge on any atom is 0.349 e. The van der Waals surface area contributed by atoms with Crippen LogP contribution >= 0.6 is 12.4 Å². The molecule has 4 nitrogen and oxygen atoms in total. The Labute approximate surface area is 101 Å². The smallest absolute Gasteiger partial charge is 0.349 e. The lowest BCUT2D eigenvalue weighted by atomic mass is 10.1. The van der Waals surface area contributed by atoms with Crippen molar-refractivity contribution in [1.29, 1.82) is 5.26 Å². The number of halogens is 1. The molecule has 86 valence electrons. The Balaban J connectivity index is 0.00000225. The van der Waals surface area contributed by atoms with Crippen LogP contribution in [0.5, 0.6) is 0 Å². The zero-order chi connectivity index (χ0) is 11.3. The van der Waals surface area contributed by atoms with Gasteiger partial charge in [-0.2, -0.15) is 5.26 Å². The monoisotopic (exact) mass is 240 g/mol. The van der Waals surface area contributed by atoms with Crippen molar-refractivity contribution < 1.29 is 9.53 Å². The van der Waals surface area contributed by atoms with E-state index in [9.17, 15) is 4.79 Å². The highest BCUT2D eigenvalue weighted by atomic mass is 35.5. The second kappa shape index (κ2) is 6.70. The molecule has 0 aliphatic carbocycles. The summed E-state index contributed by atoms with van der Waals surface area (Å²) in [5.74, 6) is -0.575. The summed E-state index contributed by atoms with van der Waals surface area (Å²) in [4.78, 5) is 13.2. The first kappa shape index (κ1) is 14.3. The fourth-order valence-corrected chi connectivity index (χ4v) is 1.10. The van der Waals surface area contributed by atoms with Gasteiger partial charge in [0, 0.05) is 25.0 Å². The fourth-order valence-electron chi connectivity index (χ4n) is 1.10. The van der Waals surface area contributed by atoms with Gasteiger partial charge in [0.1, 0.15) is 11.6 Å². The summed E-state index contributed by atoms with van der Waals surface area (Å²) in [6, 6.07) is 1.86. The topological polar surface area (TPSA) is 53.3 Å². The largest absolute Gasteiger partial charge is 0.462 e. The van der Waals surface area contributed by atoms with Crippen LogP contribution in [0, 0.1) is 11.3 Å². The molecule has 0 bridgehead atoms. The highest BCUT2D eigenvalue weighted by Crippen LogP contribution is 2.13. The first-order valence-electron chi connectivity index (χ1n) is 4.59. The summed E-state index contributed by atoms with van der Waals surface area (Å²) in [6.45, 7) is 1.97. The Kier molecular flexibility index (Phi) is 5.97. The lowest BCUT2D eigenvalue weighted by Gasteiger charge is -2.12. The maximum atomic E-state index is 11.4. The number of nitrogens with zero attached hydrogens (tertiary/aromatic N) is 2. The predicted octanol–water partition coefficient (Wildman–Crippen LogP) is 1.76. The molecule has 1 aliphatic rings. The van der Waals surface area contributed by atoms with E-state index in [1.54, 1.807) is 31.5 Å². The molecule has 1 heterocycles. The molecule has 1 rings (SSSR count). The highest BCUT2D eigenvalue weighted by Gasteiger charge is 2.14. The van der Waals surface area contributed by atoms with Gasteiger partial charge in [-0.05, 0) is 19.1 Å². The van der Waals surface area contributed by atoms with Crippen molar-refractivity contribution in [1.82, 2.24) is 4.90 Å². The average molecular weight is 241 g/mol. The third-order valence-corrected chi connectivity index (χ3v) is 1.86. The van der Waals surface area contributed by atoms with Gasteiger partial charge in [-0.15, -0.1) is 12.4 Å². The molecule has 0 atom stereocenters. The third kappa shape index (κ3) is 3.44. The van der Waals surface area contributed by atoms with Crippen molar-refractivity contribution in [2.45, 2.75) is 6.92 Å². The van der Waals surface area contributed by atoms with Gasteiger partial charge in [0.15, 0.2) is 0 Å². The van der Waals surface area contributed by atoms with E-state index in [-0.39, 0.29) is 24.6 Å². The highest BCUT2D eigenvalue weighted by molar-refractivity contribution is 5.94. The average Bonchev–Trinajstić information content (AvgIpc) is 2.22. The molecule has 0 fully saturated rings. The number of ether oxygens (including phenoxy) is 1. The predicted molar refractivity (Wildman–Crippen MR) is 62.6 cm³/mol. The van der Waals surface area contributed by atoms with Crippen LogP contribution in [0.15, 0.2) is 35.7 Å². The van der Waals surface area contributed by atoms with Crippen LogP contribution in [-0.4, -0.2) is 24.5 Å². The van der Waals surface area contributed by atoms with E-state index < -0.39 is 5.97 Å². The van der Waals surface area contributed by atoms with E-state index in [1.165, 1.54) is 0 Å². The van der Waals surface area contributed by atoms with Gasteiger partial charge in [0.25, 0.3) is 0 Å². The molecule has 0 saturated carbocycles. The molecule has 0 aromatic rings. The number of carbonyl (C=O) groups is 1. The Morgan fingerprint density at radius 2 is 2.06 bits per heavy atom. The zero-order valence-electron chi connectivity index (χ0n) is 9.14. The quantitative estimate of drug-likeness (QED) is 0.419. The normalized spacial score (nSPS) is 12.8. The molecule has 0 amide bonds. The van der Waals surface area contributed by atoms with Gasteiger partial charge in [-0.1, -0.05) is 0 Å². The van der Waals surface area contributed by atoms with Gasteiger partial charge in [-0.25, -0.2) is 4.79 Å². The van der Waals surface area contributed by atoms with Crippen molar-refractivity contribution in [2.75, 3.05) is 13.7 Å². The number of rotatable bonds is 2. The first-order valence-corrected chi connectivity index (χ1v) is 4.59. The molecule has 16 heavy (non-hydrogen) atoms. The van der Waals surface area contributed by atoms with Crippen LogP contribution in [-0.2, 0) is 9.53 Å². The van der Waals surface area contributed by atoms with Crippen molar-refractivity contribution in [3.05, 3.63) is 35.7 Å². The standard InChI is InChI=1S/C11H12N2O2.ClH/c1-3-15-11(14)10(8-12)9-4-6-13(2)7-5-9;/h4-7H,3H2,1-2H3;1H. The SMILES string of the molecule is CCOC(=O)C(C#N)=C1C=CN(C)C=C1.Cl. The van der Waals surface area contributed by atoms with Gasteiger partial charge < -0.3 is 9.64 Å². The molecule has 0 aromatic heterocycles. The van der Waals surface area contributed by atoms with E-state index >= 15 is 0 Å². The number of hydrogen-bond donors (Lipinski definition) is 0. The molecular formula is C11H13ClN2O2. The second-order valence-corrected chi connectivity index (χ2v) is 2.96. The number of esters is 1. The van der Waals surface area contributed by atoms with Crippen molar-refractivity contribution in [2.24, 2.45) is 0 Å². The molecular weight excluding hydrogens is 228 g/mol. The van der Waals surface area contributed by atoms with E-state index in [0.29, 0.717) is 5.57 Å². The first-order chi connectivity index (χ1) is 7.19. The van der Waals surface area contributed by atoms with Gasteiger partial charge in [0.05, 0.1) is 6.61 Å². The Morgan fingerprint density at radius 3 is 2.50 bits per heavy atom. The molecule has 0 unspecified atom stereocenters. The minimum Gasteiger partial charge on any atom is -0.462 e. The van der Waals surface area contributed by atoms with Gasteiger partial charge >= 0.3 is 5.97 Å². The third-order valence-electron chi connectivity index (χ3n) is 1.86. The molecule has 1 aliphatic heterocycles.